The molecule has 0 saturated carbocycles. The van der Waals surface area contributed by atoms with Crippen molar-refractivity contribution >= 4 is 16.9 Å². The molecule has 4 rings (SSSR count). The van der Waals surface area contributed by atoms with E-state index in [1.54, 1.807) is 6.26 Å². The van der Waals surface area contributed by atoms with Gasteiger partial charge in [0.2, 0.25) is 5.91 Å². The molecule has 1 amide bonds. The van der Waals surface area contributed by atoms with E-state index in [1.807, 2.05) is 13.0 Å². The minimum atomic E-state index is 0.0474. The van der Waals surface area contributed by atoms with Crippen LogP contribution in [-0.4, -0.2) is 21.5 Å². The van der Waals surface area contributed by atoms with Crippen molar-refractivity contribution in [3.05, 3.63) is 52.8 Å². The van der Waals surface area contributed by atoms with E-state index in [2.05, 4.69) is 41.0 Å². The van der Waals surface area contributed by atoms with Crippen LogP contribution in [0.3, 0.4) is 0 Å². The highest BCUT2D eigenvalue weighted by Gasteiger charge is 2.21. The lowest BCUT2D eigenvalue weighted by atomic mass is 10.0. The van der Waals surface area contributed by atoms with E-state index in [1.165, 1.54) is 11.1 Å². The Kier molecular flexibility index (Phi) is 3.86. The average Bonchev–Trinajstić information content (AvgIpc) is 3.10. The average molecular weight is 337 g/mol. The number of nitrogens with zero attached hydrogens (tertiary/aromatic N) is 2. The van der Waals surface area contributed by atoms with Gasteiger partial charge in [0.05, 0.1) is 18.4 Å². The fraction of sp³-hybridized carbons (Fsp3) is 0.400. The Morgan fingerprint density at radius 1 is 1.32 bits per heavy atom. The molecule has 1 aliphatic rings. The number of nitrogens with one attached hydrogen (secondary N) is 1. The molecule has 2 aromatic heterocycles. The van der Waals surface area contributed by atoms with Crippen LogP contribution in [0.2, 0.25) is 0 Å². The molecule has 1 atom stereocenters. The third-order valence-electron chi connectivity index (χ3n) is 5.10. The first-order chi connectivity index (χ1) is 12.0. The van der Waals surface area contributed by atoms with Crippen molar-refractivity contribution < 1.29 is 9.21 Å². The number of imidazole rings is 1. The molecule has 5 heteroatoms. The first-order valence-electron chi connectivity index (χ1n) is 8.79. The molecule has 0 fully saturated rings. The van der Waals surface area contributed by atoms with E-state index in [-0.39, 0.29) is 11.9 Å². The highest BCUT2D eigenvalue weighted by atomic mass is 16.3. The van der Waals surface area contributed by atoms with Gasteiger partial charge in [-0.15, -0.1) is 0 Å². The molecule has 25 heavy (non-hydrogen) atoms. The van der Waals surface area contributed by atoms with Gasteiger partial charge in [0.15, 0.2) is 0 Å². The van der Waals surface area contributed by atoms with E-state index in [9.17, 15) is 4.79 Å². The van der Waals surface area contributed by atoms with Crippen molar-refractivity contribution in [2.45, 2.75) is 52.6 Å². The number of rotatable bonds is 3. The molecule has 1 aromatic carbocycles. The molecule has 130 valence electrons. The number of benzene rings is 1. The quantitative estimate of drug-likeness (QED) is 0.798. The summed E-state index contributed by atoms with van der Waals surface area (Å²) in [5.74, 6) is 1.17. The number of aromatic nitrogens is 2. The van der Waals surface area contributed by atoms with Gasteiger partial charge < -0.3 is 14.3 Å². The Hall–Kier alpha value is -2.56. The third kappa shape index (κ3) is 3.06. The lowest BCUT2D eigenvalue weighted by Crippen LogP contribution is -2.41. The minimum Gasteiger partial charge on any atom is -0.464 e. The molecule has 1 N–H and O–H groups in total. The summed E-state index contributed by atoms with van der Waals surface area (Å²) in [6.07, 6.45) is 5.96. The van der Waals surface area contributed by atoms with Crippen molar-refractivity contribution in [2.75, 3.05) is 0 Å². The van der Waals surface area contributed by atoms with Crippen molar-refractivity contribution in [1.82, 2.24) is 14.9 Å². The molecule has 0 bridgehead atoms. The van der Waals surface area contributed by atoms with Crippen molar-refractivity contribution in [1.29, 1.82) is 0 Å². The summed E-state index contributed by atoms with van der Waals surface area (Å²) in [7, 11) is 0. The van der Waals surface area contributed by atoms with Gasteiger partial charge >= 0.3 is 0 Å². The summed E-state index contributed by atoms with van der Waals surface area (Å²) in [5.41, 5.74) is 5.25. The number of hydrogen-bond donors (Lipinski definition) is 1. The molecule has 3 heterocycles. The van der Waals surface area contributed by atoms with Gasteiger partial charge in [-0.2, -0.15) is 0 Å². The van der Waals surface area contributed by atoms with Gasteiger partial charge in [-0.3, -0.25) is 4.79 Å². The predicted molar refractivity (Wildman–Crippen MR) is 96.6 cm³/mol. The number of aryl methyl sites for hydroxylation is 4. The number of fused-ring (bicyclic) bond motifs is 2. The second kappa shape index (κ2) is 6.06. The van der Waals surface area contributed by atoms with Crippen LogP contribution in [0.4, 0.5) is 0 Å². The van der Waals surface area contributed by atoms with E-state index in [4.69, 9.17) is 4.42 Å². The second-order valence-corrected chi connectivity index (χ2v) is 7.12. The maximum atomic E-state index is 12.5. The summed E-state index contributed by atoms with van der Waals surface area (Å²) < 4.78 is 7.79. The van der Waals surface area contributed by atoms with Crippen molar-refractivity contribution in [3.63, 3.8) is 0 Å². The van der Waals surface area contributed by atoms with E-state index in [0.717, 1.165) is 47.4 Å². The van der Waals surface area contributed by atoms with E-state index in [0.29, 0.717) is 6.42 Å². The molecule has 0 radical (unpaired) electrons. The molecule has 0 spiro atoms. The summed E-state index contributed by atoms with van der Waals surface area (Å²) in [5, 5.41) is 4.21. The fourth-order valence-corrected chi connectivity index (χ4v) is 3.63. The largest absolute Gasteiger partial charge is 0.464 e. The lowest BCUT2D eigenvalue weighted by molar-refractivity contribution is -0.121. The lowest BCUT2D eigenvalue weighted by Gasteiger charge is -2.24. The minimum absolute atomic E-state index is 0.0474. The van der Waals surface area contributed by atoms with Gasteiger partial charge in [0.25, 0.3) is 0 Å². The summed E-state index contributed by atoms with van der Waals surface area (Å²) in [6, 6.07) is 4.31. The molecular weight excluding hydrogens is 314 g/mol. The van der Waals surface area contributed by atoms with Gasteiger partial charge in [0.1, 0.15) is 11.4 Å². The standard InChI is InChI=1S/C20H23N3O2/c1-12-6-17-15(11-25-18(17)7-13(12)2)8-20(24)22-16-4-5-19-21-14(3)9-23(19)10-16/h6-7,9,11,16H,4-5,8,10H2,1-3H3,(H,22,24). The van der Waals surface area contributed by atoms with Crippen molar-refractivity contribution in [2.24, 2.45) is 0 Å². The molecule has 0 saturated heterocycles. The summed E-state index contributed by atoms with van der Waals surface area (Å²) >= 11 is 0. The van der Waals surface area contributed by atoms with Crippen molar-refractivity contribution in [3.8, 4) is 0 Å². The second-order valence-electron chi connectivity index (χ2n) is 7.12. The Balaban J connectivity index is 1.45. The zero-order valence-electron chi connectivity index (χ0n) is 14.9. The van der Waals surface area contributed by atoms with Gasteiger partial charge in [-0.25, -0.2) is 4.98 Å². The number of furan rings is 1. The normalized spacial score (nSPS) is 16.8. The topological polar surface area (TPSA) is 60.1 Å². The molecule has 0 aliphatic carbocycles. The van der Waals surface area contributed by atoms with Crippen LogP contribution in [0, 0.1) is 20.8 Å². The highest BCUT2D eigenvalue weighted by Crippen LogP contribution is 2.25. The predicted octanol–water partition coefficient (Wildman–Crippen LogP) is 3.23. The Morgan fingerprint density at radius 2 is 2.12 bits per heavy atom. The third-order valence-corrected chi connectivity index (χ3v) is 5.10. The van der Waals surface area contributed by atoms with Crippen LogP contribution in [0.1, 0.15) is 34.6 Å². The fourth-order valence-electron chi connectivity index (χ4n) is 3.63. The van der Waals surface area contributed by atoms with Crippen LogP contribution in [-0.2, 0) is 24.2 Å². The molecule has 1 unspecified atom stereocenters. The number of carbonyl (C=O) groups is 1. The number of amides is 1. The van der Waals surface area contributed by atoms with Crippen LogP contribution in [0.15, 0.2) is 29.0 Å². The van der Waals surface area contributed by atoms with Crippen LogP contribution in [0.5, 0.6) is 0 Å². The zero-order chi connectivity index (χ0) is 17.6. The van der Waals surface area contributed by atoms with Crippen LogP contribution in [0.25, 0.3) is 11.0 Å². The zero-order valence-corrected chi connectivity index (χ0v) is 14.9. The molecule has 3 aromatic rings. The number of hydrogen-bond acceptors (Lipinski definition) is 3. The monoisotopic (exact) mass is 337 g/mol. The maximum absolute atomic E-state index is 12.5. The maximum Gasteiger partial charge on any atom is 0.224 e. The summed E-state index contributed by atoms with van der Waals surface area (Å²) in [4.78, 5) is 17.0. The van der Waals surface area contributed by atoms with Gasteiger partial charge in [0, 0.05) is 36.2 Å². The number of carbonyl (C=O) groups excluding carboxylic acids is 1. The SMILES string of the molecule is Cc1cn2c(n1)CCC(NC(=O)Cc1coc3cc(C)c(C)cc13)C2. The highest BCUT2D eigenvalue weighted by molar-refractivity contribution is 5.88. The molecule has 1 aliphatic heterocycles. The smallest absolute Gasteiger partial charge is 0.224 e. The van der Waals surface area contributed by atoms with Crippen LogP contribution >= 0.6 is 0 Å². The summed E-state index contributed by atoms with van der Waals surface area (Å²) in [6.45, 7) is 6.95. The molecular formula is C20H23N3O2. The van der Waals surface area contributed by atoms with Gasteiger partial charge in [-0.1, -0.05) is 0 Å². The van der Waals surface area contributed by atoms with E-state index >= 15 is 0 Å². The molecule has 5 nitrogen and oxygen atoms in total. The first-order valence-corrected chi connectivity index (χ1v) is 8.79. The van der Waals surface area contributed by atoms with Crippen LogP contribution < -0.4 is 5.32 Å². The van der Waals surface area contributed by atoms with Gasteiger partial charge in [-0.05, 0) is 50.5 Å². The van der Waals surface area contributed by atoms with E-state index < -0.39 is 0 Å². The first kappa shape index (κ1) is 15.9. The Labute approximate surface area is 147 Å². The Bertz CT molecular complexity index is 951. The Morgan fingerprint density at radius 3 is 2.96 bits per heavy atom.